The van der Waals surface area contributed by atoms with E-state index in [4.69, 9.17) is 14.5 Å². The van der Waals surface area contributed by atoms with E-state index >= 15 is 0 Å². The summed E-state index contributed by atoms with van der Waals surface area (Å²) in [6.45, 7) is 1.28. The van der Waals surface area contributed by atoms with Crippen molar-refractivity contribution in [3.05, 3.63) is 89.4 Å². The van der Waals surface area contributed by atoms with Crippen LogP contribution in [-0.2, 0) is 11.4 Å². The zero-order valence-corrected chi connectivity index (χ0v) is 18.5. The molecule has 0 bridgehead atoms. The van der Waals surface area contributed by atoms with Gasteiger partial charge in [-0.15, -0.1) is 11.3 Å². The molecule has 162 valence electrons. The van der Waals surface area contributed by atoms with Crippen molar-refractivity contribution in [1.82, 2.24) is 9.88 Å². The van der Waals surface area contributed by atoms with Gasteiger partial charge in [0.15, 0.2) is 6.61 Å². The van der Waals surface area contributed by atoms with Crippen molar-refractivity contribution in [3.8, 4) is 11.5 Å². The lowest BCUT2D eigenvalue weighted by Gasteiger charge is -2.23. The molecule has 1 aromatic heterocycles. The lowest BCUT2D eigenvalue weighted by Crippen LogP contribution is -2.34. The number of fused-ring (bicyclic) bond motifs is 1. The Kier molecular flexibility index (Phi) is 6.03. The van der Waals surface area contributed by atoms with Gasteiger partial charge in [0, 0.05) is 6.54 Å². The predicted molar refractivity (Wildman–Crippen MR) is 126 cm³/mol. The Balaban J connectivity index is 1.17. The SMILES string of the molecule is O=C(COc1ccc(OCc2ccccc2)cc1)N1CCC[C@H]1c1nc2ccccc2s1. The third-order valence-electron chi connectivity index (χ3n) is 5.60. The van der Waals surface area contributed by atoms with E-state index in [9.17, 15) is 4.79 Å². The molecule has 0 spiro atoms. The average molecular weight is 445 g/mol. The van der Waals surface area contributed by atoms with Crippen molar-refractivity contribution < 1.29 is 14.3 Å². The second-order valence-electron chi connectivity index (χ2n) is 7.80. The highest BCUT2D eigenvalue weighted by Crippen LogP contribution is 2.36. The van der Waals surface area contributed by atoms with Gasteiger partial charge in [0.05, 0.1) is 16.3 Å². The number of likely N-dealkylation sites (tertiary alicyclic amines) is 1. The van der Waals surface area contributed by atoms with E-state index in [2.05, 4.69) is 6.07 Å². The molecule has 1 saturated heterocycles. The van der Waals surface area contributed by atoms with E-state index in [1.54, 1.807) is 11.3 Å². The van der Waals surface area contributed by atoms with Gasteiger partial charge in [0.1, 0.15) is 23.1 Å². The molecule has 32 heavy (non-hydrogen) atoms. The third-order valence-corrected chi connectivity index (χ3v) is 6.74. The van der Waals surface area contributed by atoms with E-state index in [0.717, 1.165) is 45.9 Å². The summed E-state index contributed by atoms with van der Waals surface area (Å²) in [6.07, 6.45) is 1.93. The monoisotopic (exact) mass is 444 g/mol. The fourth-order valence-corrected chi connectivity index (χ4v) is 5.07. The van der Waals surface area contributed by atoms with Crippen molar-refractivity contribution in [3.63, 3.8) is 0 Å². The van der Waals surface area contributed by atoms with Crippen LogP contribution in [0.2, 0.25) is 0 Å². The fraction of sp³-hybridized carbons (Fsp3) is 0.231. The van der Waals surface area contributed by atoms with Crippen molar-refractivity contribution in [2.24, 2.45) is 0 Å². The molecule has 0 unspecified atom stereocenters. The van der Waals surface area contributed by atoms with E-state index in [1.807, 2.05) is 77.7 Å². The maximum atomic E-state index is 12.9. The molecule has 4 aromatic rings. The Morgan fingerprint density at radius 2 is 1.66 bits per heavy atom. The first-order valence-corrected chi connectivity index (χ1v) is 11.6. The number of aromatic nitrogens is 1. The average Bonchev–Trinajstić information content (AvgIpc) is 3.49. The number of hydrogen-bond acceptors (Lipinski definition) is 5. The van der Waals surface area contributed by atoms with Crippen LogP contribution in [0.15, 0.2) is 78.9 Å². The van der Waals surface area contributed by atoms with E-state index in [0.29, 0.717) is 12.4 Å². The molecular formula is C26H24N2O3S. The van der Waals surface area contributed by atoms with Crippen LogP contribution in [0.25, 0.3) is 10.2 Å². The highest BCUT2D eigenvalue weighted by atomic mass is 32.1. The van der Waals surface area contributed by atoms with Gasteiger partial charge < -0.3 is 14.4 Å². The minimum atomic E-state index is -0.00356. The molecular weight excluding hydrogens is 420 g/mol. The molecule has 5 rings (SSSR count). The Labute approximate surface area is 191 Å². The van der Waals surface area contributed by atoms with Gasteiger partial charge >= 0.3 is 0 Å². The minimum Gasteiger partial charge on any atom is -0.489 e. The summed E-state index contributed by atoms with van der Waals surface area (Å²) in [4.78, 5) is 19.6. The largest absolute Gasteiger partial charge is 0.489 e. The number of thiazole rings is 1. The van der Waals surface area contributed by atoms with Crippen molar-refractivity contribution >= 4 is 27.5 Å². The van der Waals surface area contributed by atoms with E-state index < -0.39 is 0 Å². The quantitative estimate of drug-likeness (QED) is 0.371. The topological polar surface area (TPSA) is 51.7 Å². The Morgan fingerprint density at radius 1 is 0.938 bits per heavy atom. The van der Waals surface area contributed by atoms with Crippen molar-refractivity contribution in [2.45, 2.75) is 25.5 Å². The van der Waals surface area contributed by atoms with Gasteiger partial charge in [-0.3, -0.25) is 4.79 Å². The van der Waals surface area contributed by atoms with Gasteiger partial charge in [-0.25, -0.2) is 4.98 Å². The smallest absolute Gasteiger partial charge is 0.261 e. The highest BCUT2D eigenvalue weighted by molar-refractivity contribution is 7.18. The van der Waals surface area contributed by atoms with E-state index in [-0.39, 0.29) is 18.6 Å². The van der Waals surface area contributed by atoms with E-state index in [1.165, 1.54) is 0 Å². The first kappa shape index (κ1) is 20.5. The number of amides is 1. The normalized spacial score (nSPS) is 15.8. The maximum Gasteiger partial charge on any atom is 0.261 e. The summed E-state index contributed by atoms with van der Waals surface area (Å²) in [6, 6.07) is 25.6. The van der Waals surface area contributed by atoms with Crippen LogP contribution >= 0.6 is 11.3 Å². The van der Waals surface area contributed by atoms with Crippen LogP contribution in [0.3, 0.4) is 0 Å². The predicted octanol–water partition coefficient (Wildman–Crippen LogP) is 5.62. The Bertz CT molecular complexity index is 1160. The standard InChI is InChI=1S/C26H24N2O3S/c29-25(28-16-6-10-23(28)26-27-22-9-4-5-11-24(22)32-26)18-31-21-14-12-20(13-15-21)30-17-19-7-2-1-3-8-19/h1-5,7-9,11-15,23H,6,10,16-18H2/t23-/m0/s1. The van der Waals surface area contributed by atoms with Gasteiger partial charge in [-0.2, -0.15) is 0 Å². The van der Waals surface area contributed by atoms with Crippen molar-refractivity contribution in [1.29, 1.82) is 0 Å². The fourth-order valence-electron chi connectivity index (χ4n) is 3.96. The molecule has 1 fully saturated rings. The zero-order valence-electron chi connectivity index (χ0n) is 17.6. The van der Waals surface area contributed by atoms with Crippen LogP contribution in [-0.4, -0.2) is 28.9 Å². The summed E-state index contributed by atoms with van der Waals surface area (Å²) < 4.78 is 12.7. The molecule has 1 aliphatic rings. The number of carbonyl (C=O) groups is 1. The second kappa shape index (κ2) is 9.40. The lowest BCUT2D eigenvalue weighted by atomic mass is 10.2. The first-order chi connectivity index (χ1) is 15.8. The number of nitrogens with zero attached hydrogens (tertiary/aromatic N) is 2. The second-order valence-corrected chi connectivity index (χ2v) is 8.86. The lowest BCUT2D eigenvalue weighted by molar-refractivity contribution is -0.134. The van der Waals surface area contributed by atoms with Crippen LogP contribution in [0.1, 0.15) is 29.5 Å². The summed E-state index contributed by atoms with van der Waals surface area (Å²) in [7, 11) is 0. The molecule has 1 atom stereocenters. The Morgan fingerprint density at radius 3 is 2.44 bits per heavy atom. The molecule has 1 amide bonds. The summed E-state index contributed by atoms with van der Waals surface area (Å²) in [5, 5.41) is 1.01. The van der Waals surface area contributed by atoms with Gasteiger partial charge in [-0.1, -0.05) is 42.5 Å². The first-order valence-electron chi connectivity index (χ1n) is 10.8. The highest BCUT2D eigenvalue weighted by Gasteiger charge is 2.32. The molecule has 3 aromatic carbocycles. The third kappa shape index (κ3) is 4.60. The van der Waals surface area contributed by atoms with Gasteiger partial charge in [-0.05, 0) is 54.8 Å². The molecule has 0 saturated carbocycles. The number of rotatable bonds is 7. The molecule has 0 N–H and O–H groups in total. The molecule has 1 aliphatic heterocycles. The molecule has 0 radical (unpaired) electrons. The van der Waals surface area contributed by atoms with Crippen molar-refractivity contribution in [2.75, 3.05) is 13.2 Å². The van der Waals surface area contributed by atoms with Crippen LogP contribution in [0, 0.1) is 0 Å². The summed E-state index contributed by atoms with van der Waals surface area (Å²) >= 11 is 1.67. The van der Waals surface area contributed by atoms with Gasteiger partial charge in [0.2, 0.25) is 0 Å². The molecule has 5 nitrogen and oxygen atoms in total. The number of para-hydroxylation sites is 1. The summed E-state index contributed by atoms with van der Waals surface area (Å²) in [5.41, 5.74) is 2.12. The van der Waals surface area contributed by atoms with Crippen LogP contribution < -0.4 is 9.47 Å². The number of benzene rings is 3. The number of ether oxygens (including phenoxy) is 2. The van der Waals surface area contributed by atoms with Gasteiger partial charge in [0.25, 0.3) is 5.91 Å². The molecule has 2 heterocycles. The molecule has 6 heteroatoms. The zero-order chi connectivity index (χ0) is 21.8. The summed E-state index contributed by atoms with van der Waals surface area (Å²) in [5.74, 6) is 1.42. The number of hydrogen-bond donors (Lipinski definition) is 0. The molecule has 0 aliphatic carbocycles. The minimum absolute atomic E-state index is 0.00356. The maximum absolute atomic E-state index is 12.9. The van der Waals surface area contributed by atoms with Crippen LogP contribution in [0.4, 0.5) is 0 Å². The Hall–Kier alpha value is -3.38. The van der Waals surface area contributed by atoms with Crippen LogP contribution in [0.5, 0.6) is 11.5 Å². The number of carbonyl (C=O) groups excluding carboxylic acids is 1.